The summed E-state index contributed by atoms with van der Waals surface area (Å²) in [5.74, 6) is 1.06. The van der Waals surface area contributed by atoms with E-state index in [4.69, 9.17) is 28.6 Å². The zero-order chi connectivity index (χ0) is 20.1. The van der Waals surface area contributed by atoms with E-state index in [9.17, 15) is 0 Å². The molecule has 1 saturated heterocycles. The number of halogens is 1. The van der Waals surface area contributed by atoms with E-state index in [1.165, 1.54) is 0 Å². The van der Waals surface area contributed by atoms with Gasteiger partial charge in [0.15, 0.2) is 0 Å². The summed E-state index contributed by atoms with van der Waals surface area (Å²) in [7, 11) is 0. The number of hydrogen-bond donors (Lipinski definition) is 2. The Hall–Kier alpha value is -2.29. The fourth-order valence-electron chi connectivity index (χ4n) is 2.82. The van der Waals surface area contributed by atoms with Crippen molar-refractivity contribution in [3.05, 3.63) is 46.2 Å². The molecule has 2 aromatic rings. The zero-order valence-corrected chi connectivity index (χ0v) is 17.7. The van der Waals surface area contributed by atoms with Gasteiger partial charge in [0.2, 0.25) is 17.0 Å². The molecular weight excluding hydrogens is 396 g/mol. The fourth-order valence-corrected chi connectivity index (χ4v) is 3.19. The predicted molar refractivity (Wildman–Crippen MR) is 117 cm³/mol. The zero-order valence-electron chi connectivity index (χ0n) is 16.1. The van der Waals surface area contributed by atoms with Gasteiger partial charge in [0, 0.05) is 24.5 Å². The molecule has 1 aromatic heterocycles. The SMILES string of the molecule is Cc1cc(C)nc(N/C(=N/C(=S)Nc2cccc(C)c2Cl)N2CCOCC2)n1. The van der Waals surface area contributed by atoms with Gasteiger partial charge in [-0.2, -0.15) is 4.99 Å². The van der Waals surface area contributed by atoms with Crippen molar-refractivity contribution in [2.45, 2.75) is 20.8 Å². The monoisotopic (exact) mass is 418 g/mol. The third kappa shape index (κ3) is 5.37. The molecule has 1 aliphatic rings. The molecule has 1 aromatic carbocycles. The average Bonchev–Trinajstić information content (AvgIpc) is 2.65. The van der Waals surface area contributed by atoms with Crippen LogP contribution in [0.4, 0.5) is 11.6 Å². The van der Waals surface area contributed by atoms with Gasteiger partial charge in [0.1, 0.15) is 0 Å². The number of guanidine groups is 1. The molecule has 7 nitrogen and oxygen atoms in total. The number of morpholine rings is 1. The van der Waals surface area contributed by atoms with Crippen molar-refractivity contribution in [2.24, 2.45) is 4.99 Å². The van der Waals surface area contributed by atoms with Crippen molar-refractivity contribution in [3.63, 3.8) is 0 Å². The summed E-state index contributed by atoms with van der Waals surface area (Å²) < 4.78 is 5.45. The second kappa shape index (κ2) is 9.27. The number of nitrogens with zero attached hydrogens (tertiary/aromatic N) is 4. The van der Waals surface area contributed by atoms with Gasteiger partial charge < -0.3 is 15.0 Å². The topological polar surface area (TPSA) is 74.7 Å². The van der Waals surface area contributed by atoms with Crippen molar-refractivity contribution < 1.29 is 4.74 Å². The van der Waals surface area contributed by atoms with Crippen molar-refractivity contribution >= 4 is 46.5 Å². The Morgan fingerprint density at radius 3 is 2.50 bits per heavy atom. The van der Waals surface area contributed by atoms with Gasteiger partial charge in [-0.25, -0.2) is 9.97 Å². The van der Waals surface area contributed by atoms with Gasteiger partial charge in [-0.1, -0.05) is 23.7 Å². The lowest BCUT2D eigenvalue weighted by Crippen LogP contribution is -2.45. The Labute approximate surface area is 175 Å². The van der Waals surface area contributed by atoms with Crippen LogP contribution in [0.15, 0.2) is 29.3 Å². The van der Waals surface area contributed by atoms with Crippen molar-refractivity contribution in [1.82, 2.24) is 14.9 Å². The number of rotatable bonds is 2. The summed E-state index contributed by atoms with van der Waals surface area (Å²) in [4.78, 5) is 15.5. The van der Waals surface area contributed by atoms with Crippen LogP contribution in [0.5, 0.6) is 0 Å². The smallest absolute Gasteiger partial charge is 0.229 e. The molecule has 3 rings (SSSR count). The number of aliphatic imine (C=N–C) groups is 1. The van der Waals surface area contributed by atoms with Crippen molar-refractivity contribution in [2.75, 3.05) is 36.9 Å². The highest BCUT2D eigenvalue weighted by Crippen LogP contribution is 2.25. The van der Waals surface area contributed by atoms with Crippen LogP contribution < -0.4 is 10.6 Å². The van der Waals surface area contributed by atoms with Crippen LogP contribution >= 0.6 is 23.8 Å². The van der Waals surface area contributed by atoms with Crippen molar-refractivity contribution in [1.29, 1.82) is 0 Å². The number of thiocarbonyl (C=S) groups is 1. The lowest BCUT2D eigenvalue weighted by molar-refractivity contribution is 0.0680. The highest BCUT2D eigenvalue weighted by molar-refractivity contribution is 7.80. The number of benzene rings is 1. The Morgan fingerprint density at radius 1 is 1.14 bits per heavy atom. The van der Waals surface area contributed by atoms with Crippen LogP contribution in [0, 0.1) is 20.8 Å². The van der Waals surface area contributed by atoms with E-state index in [0.717, 1.165) is 22.6 Å². The maximum atomic E-state index is 6.35. The van der Waals surface area contributed by atoms with E-state index >= 15 is 0 Å². The maximum Gasteiger partial charge on any atom is 0.229 e. The number of hydrogen-bond acceptors (Lipinski definition) is 4. The summed E-state index contributed by atoms with van der Waals surface area (Å²) in [5.41, 5.74) is 3.44. The lowest BCUT2D eigenvalue weighted by Gasteiger charge is -2.29. The second-order valence-corrected chi connectivity index (χ2v) is 7.27. The minimum absolute atomic E-state index is 0.297. The van der Waals surface area contributed by atoms with Gasteiger partial charge in [0.05, 0.1) is 23.9 Å². The number of anilines is 2. The van der Waals surface area contributed by atoms with E-state index in [0.29, 0.717) is 48.3 Å². The molecule has 0 saturated carbocycles. The summed E-state index contributed by atoms with van der Waals surface area (Å²) in [6, 6.07) is 7.65. The van der Waals surface area contributed by atoms with Crippen LogP contribution in [0.2, 0.25) is 5.02 Å². The van der Waals surface area contributed by atoms with Crippen LogP contribution in [0.1, 0.15) is 17.0 Å². The van der Waals surface area contributed by atoms with Crippen molar-refractivity contribution in [3.8, 4) is 0 Å². The summed E-state index contributed by atoms with van der Waals surface area (Å²) in [6.07, 6.45) is 0. The molecule has 2 N–H and O–H groups in total. The van der Waals surface area contributed by atoms with Gasteiger partial charge in [-0.15, -0.1) is 0 Å². The molecule has 0 amide bonds. The Morgan fingerprint density at radius 2 is 1.82 bits per heavy atom. The first-order valence-corrected chi connectivity index (χ1v) is 9.78. The minimum atomic E-state index is 0.297. The van der Waals surface area contributed by atoms with E-state index in [2.05, 4.69) is 30.5 Å². The summed E-state index contributed by atoms with van der Waals surface area (Å²) in [5, 5.41) is 7.23. The third-order valence-corrected chi connectivity index (χ3v) is 4.85. The number of nitrogens with one attached hydrogen (secondary N) is 2. The average molecular weight is 419 g/mol. The standard InChI is InChI=1S/C19H23ClN6OS/c1-12-5-4-6-15(16(12)20)23-19(28)25-18(26-7-9-27-10-8-26)24-17-21-13(2)11-14(3)22-17/h4-6,11H,7-10H2,1-3H3,(H2,21,22,23,24,25,28). The van der Waals surface area contributed by atoms with Gasteiger partial charge >= 0.3 is 0 Å². The van der Waals surface area contributed by atoms with Crippen LogP contribution in [-0.4, -0.2) is 52.2 Å². The molecule has 2 heterocycles. The molecule has 9 heteroatoms. The molecule has 148 valence electrons. The molecular formula is C19H23ClN6OS. The summed E-state index contributed by atoms with van der Waals surface area (Å²) in [6.45, 7) is 8.44. The van der Waals surface area contributed by atoms with Gasteiger partial charge in [0.25, 0.3) is 0 Å². The van der Waals surface area contributed by atoms with Crippen LogP contribution in [0.3, 0.4) is 0 Å². The highest BCUT2D eigenvalue weighted by atomic mass is 35.5. The van der Waals surface area contributed by atoms with E-state index in [1.54, 1.807) is 0 Å². The van der Waals surface area contributed by atoms with E-state index < -0.39 is 0 Å². The second-order valence-electron chi connectivity index (χ2n) is 6.50. The van der Waals surface area contributed by atoms with Crippen LogP contribution in [-0.2, 0) is 4.74 Å². The quantitative estimate of drug-likeness (QED) is 0.438. The highest BCUT2D eigenvalue weighted by Gasteiger charge is 2.18. The molecule has 0 radical (unpaired) electrons. The molecule has 0 aliphatic carbocycles. The third-order valence-electron chi connectivity index (χ3n) is 4.16. The maximum absolute atomic E-state index is 6.35. The van der Waals surface area contributed by atoms with Gasteiger partial charge in [-0.05, 0) is 50.7 Å². The first-order valence-electron chi connectivity index (χ1n) is 8.99. The van der Waals surface area contributed by atoms with Gasteiger partial charge in [-0.3, -0.25) is 5.32 Å². The minimum Gasteiger partial charge on any atom is -0.378 e. The molecule has 0 atom stereocenters. The largest absolute Gasteiger partial charge is 0.378 e. The molecule has 0 spiro atoms. The number of aromatic nitrogens is 2. The summed E-state index contributed by atoms with van der Waals surface area (Å²) >= 11 is 11.8. The molecule has 1 aliphatic heterocycles. The first kappa shape index (κ1) is 20.4. The lowest BCUT2D eigenvalue weighted by atomic mass is 10.2. The Kier molecular flexibility index (Phi) is 6.77. The normalized spacial score (nSPS) is 14.7. The van der Waals surface area contributed by atoms with E-state index in [1.807, 2.05) is 45.0 Å². The van der Waals surface area contributed by atoms with E-state index in [-0.39, 0.29) is 0 Å². The van der Waals surface area contributed by atoms with Crippen LogP contribution in [0.25, 0.3) is 0 Å². The molecule has 28 heavy (non-hydrogen) atoms. The first-order chi connectivity index (χ1) is 13.4. The Bertz CT molecular complexity index is 878. The number of ether oxygens (including phenoxy) is 1. The predicted octanol–water partition coefficient (Wildman–Crippen LogP) is 3.55. The number of aryl methyl sites for hydroxylation is 3. The molecule has 0 bridgehead atoms. The molecule has 1 fully saturated rings. The fraction of sp³-hybridized carbons (Fsp3) is 0.368. The Balaban J connectivity index is 1.84. The molecule has 0 unspecified atom stereocenters.